The molecule has 1 nitrogen and oxygen atoms in total. The van der Waals surface area contributed by atoms with E-state index in [0.717, 1.165) is 16.9 Å². The number of rotatable bonds is 4. The van der Waals surface area contributed by atoms with Crippen molar-refractivity contribution < 1.29 is 4.74 Å². The third-order valence-electron chi connectivity index (χ3n) is 2.71. The zero-order valence-electron chi connectivity index (χ0n) is 11.2. The summed E-state index contributed by atoms with van der Waals surface area (Å²) >= 11 is 17.6. The summed E-state index contributed by atoms with van der Waals surface area (Å²) in [5, 5.41) is 1.28. The minimum Gasteiger partial charge on any atom is -0.489 e. The Bertz CT molecular complexity index is 654. The predicted molar refractivity (Wildman–Crippen MR) is 89.5 cm³/mol. The van der Waals surface area contributed by atoms with E-state index < -0.39 is 0 Å². The van der Waals surface area contributed by atoms with E-state index in [4.69, 9.17) is 39.5 Å². The van der Waals surface area contributed by atoms with Gasteiger partial charge in [-0.25, -0.2) is 0 Å². The topological polar surface area (TPSA) is 9.23 Å². The average Bonchev–Trinajstić information content (AvgIpc) is 2.50. The molecule has 0 saturated heterocycles. The van der Waals surface area contributed by atoms with Crippen molar-refractivity contribution in [3.8, 4) is 17.6 Å². The van der Waals surface area contributed by atoms with Crippen molar-refractivity contribution in [3.63, 3.8) is 0 Å². The molecule has 0 fully saturated rings. The van der Waals surface area contributed by atoms with Gasteiger partial charge in [-0.2, -0.15) is 0 Å². The summed E-state index contributed by atoms with van der Waals surface area (Å²) in [5.41, 5.74) is 1.79. The molecule has 0 aliphatic heterocycles. The highest BCUT2D eigenvalue weighted by atomic mass is 35.5. The molecule has 0 atom stereocenters. The second-order valence-electron chi connectivity index (χ2n) is 4.29. The molecule has 0 spiro atoms. The largest absolute Gasteiger partial charge is 0.489 e. The molecule has 0 amide bonds. The van der Waals surface area contributed by atoms with Crippen LogP contribution in [0, 0.1) is 11.8 Å². The van der Waals surface area contributed by atoms with Gasteiger partial charge in [0.15, 0.2) is 0 Å². The number of hydrogen-bond donors (Lipinski definition) is 0. The fraction of sp³-hybridized carbons (Fsp3) is 0.176. The summed E-state index contributed by atoms with van der Waals surface area (Å²) < 4.78 is 5.70. The van der Waals surface area contributed by atoms with Crippen molar-refractivity contribution in [1.29, 1.82) is 0 Å². The molecule has 2 rings (SSSR count). The first kappa shape index (κ1) is 16.0. The Balaban J connectivity index is 1.98. The third kappa shape index (κ3) is 5.17. The van der Waals surface area contributed by atoms with Crippen LogP contribution in [0.3, 0.4) is 0 Å². The highest BCUT2D eigenvalue weighted by Gasteiger charge is 2.02. The maximum absolute atomic E-state index is 6.09. The number of alkyl halides is 1. The molecule has 0 aliphatic rings. The Labute approximate surface area is 139 Å². The normalized spacial score (nSPS) is 9.86. The van der Waals surface area contributed by atoms with Gasteiger partial charge in [-0.15, -0.1) is 11.6 Å². The summed E-state index contributed by atoms with van der Waals surface area (Å²) in [6, 6.07) is 12.9. The van der Waals surface area contributed by atoms with E-state index in [-0.39, 0.29) is 0 Å². The van der Waals surface area contributed by atoms with Crippen LogP contribution in [0.5, 0.6) is 5.75 Å². The molecule has 0 heterocycles. The van der Waals surface area contributed by atoms with Crippen LogP contribution in [0.25, 0.3) is 0 Å². The number of ether oxygens (including phenoxy) is 1. The lowest BCUT2D eigenvalue weighted by molar-refractivity contribution is 0.306. The molecule has 0 radical (unpaired) electrons. The van der Waals surface area contributed by atoms with Gasteiger partial charge in [0.2, 0.25) is 0 Å². The second-order valence-corrected chi connectivity index (χ2v) is 5.51. The van der Waals surface area contributed by atoms with Gasteiger partial charge in [0.05, 0.1) is 0 Å². The molecular weight excluding hydrogens is 327 g/mol. The maximum atomic E-state index is 6.09. The van der Waals surface area contributed by atoms with Gasteiger partial charge in [-0.1, -0.05) is 35.0 Å². The smallest absolute Gasteiger partial charge is 0.119 e. The zero-order chi connectivity index (χ0) is 15.1. The van der Waals surface area contributed by atoms with Crippen molar-refractivity contribution in [3.05, 3.63) is 63.6 Å². The highest BCUT2D eigenvalue weighted by molar-refractivity contribution is 6.33. The molecule has 0 aromatic heterocycles. The Morgan fingerprint density at radius 1 is 1.00 bits per heavy atom. The van der Waals surface area contributed by atoms with Gasteiger partial charge in [-0.3, -0.25) is 0 Å². The second kappa shape index (κ2) is 8.20. The first-order valence-electron chi connectivity index (χ1n) is 6.40. The van der Waals surface area contributed by atoms with Crippen LogP contribution in [0.1, 0.15) is 17.5 Å². The quantitative estimate of drug-likeness (QED) is 0.524. The fourth-order valence-electron chi connectivity index (χ4n) is 1.66. The van der Waals surface area contributed by atoms with Crippen LogP contribution < -0.4 is 4.74 Å². The molecule has 4 heteroatoms. The Morgan fingerprint density at radius 3 is 2.48 bits per heavy atom. The molecule has 0 saturated carbocycles. The monoisotopic (exact) mass is 338 g/mol. The molecule has 21 heavy (non-hydrogen) atoms. The summed E-state index contributed by atoms with van der Waals surface area (Å²) in [7, 11) is 0. The van der Waals surface area contributed by atoms with E-state index in [1.807, 2.05) is 24.3 Å². The van der Waals surface area contributed by atoms with Gasteiger partial charge >= 0.3 is 0 Å². The molecule has 0 N–H and O–H groups in total. The number of hydrogen-bond acceptors (Lipinski definition) is 1. The van der Waals surface area contributed by atoms with Crippen molar-refractivity contribution in [2.75, 3.05) is 5.88 Å². The van der Waals surface area contributed by atoms with Gasteiger partial charge in [0, 0.05) is 33.5 Å². The van der Waals surface area contributed by atoms with Crippen molar-refractivity contribution in [2.24, 2.45) is 0 Å². The van der Waals surface area contributed by atoms with Crippen molar-refractivity contribution in [1.82, 2.24) is 0 Å². The zero-order valence-corrected chi connectivity index (χ0v) is 13.5. The first-order valence-corrected chi connectivity index (χ1v) is 7.69. The van der Waals surface area contributed by atoms with Gasteiger partial charge in [0.25, 0.3) is 0 Å². The number of benzene rings is 2. The van der Waals surface area contributed by atoms with E-state index in [1.54, 1.807) is 18.2 Å². The molecule has 108 valence electrons. The standard InChI is InChI=1S/C17H13Cl3O/c18-10-2-1-3-13-4-7-16(8-5-13)21-12-14-11-15(19)6-9-17(14)20/h4-9,11H,2,10,12H2. The van der Waals surface area contributed by atoms with Gasteiger partial charge in [-0.05, 0) is 42.5 Å². The predicted octanol–water partition coefficient (Wildman–Crippen LogP) is 5.55. The fourth-order valence-corrected chi connectivity index (χ4v) is 2.12. The lowest BCUT2D eigenvalue weighted by atomic mass is 10.2. The SMILES string of the molecule is ClCCC#Cc1ccc(OCc2cc(Cl)ccc2Cl)cc1. The lowest BCUT2D eigenvalue weighted by Crippen LogP contribution is -1.96. The van der Waals surface area contributed by atoms with Crippen LogP contribution in [0.2, 0.25) is 10.0 Å². The minimum atomic E-state index is 0.372. The maximum Gasteiger partial charge on any atom is 0.119 e. The van der Waals surface area contributed by atoms with Crippen LogP contribution in [0.4, 0.5) is 0 Å². The summed E-state index contributed by atoms with van der Waals surface area (Å²) in [5.74, 6) is 7.33. The molecule has 0 aliphatic carbocycles. The van der Waals surface area contributed by atoms with E-state index in [9.17, 15) is 0 Å². The average molecular weight is 340 g/mol. The van der Waals surface area contributed by atoms with Crippen LogP contribution >= 0.6 is 34.8 Å². The van der Waals surface area contributed by atoms with E-state index in [0.29, 0.717) is 29.0 Å². The van der Waals surface area contributed by atoms with E-state index in [1.165, 1.54) is 0 Å². The molecular formula is C17H13Cl3O. The Hall–Kier alpha value is -1.33. The van der Waals surface area contributed by atoms with Crippen LogP contribution in [-0.4, -0.2) is 5.88 Å². The van der Waals surface area contributed by atoms with Crippen molar-refractivity contribution in [2.45, 2.75) is 13.0 Å². The molecule has 0 unspecified atom stereocenters. The van der Waals surface area contributed by atoms with Crippen LogP contribution in [0.15, 0.2) is 42.5 Å². The molecule has 2 aromatic carbocycles. The minimum absolute atomic E-state index is 0.372. The first-order chi connectivity index (χ1) is 10.2. The van der Waals surface area contributed by atoms with Gasteiger partial charge < -0.3 is 4.74 Å². The van der Waals surface area contributed by atoms with Crippen molar-refractivity contribution >= 4 is 34.8 Å². The Kier molecular flexibility index (Phi) is 6.26. The van der Waals surface area contributed by atoms with Crippen LogP contribution in [-0.2, 0) is 6.61 Å². The summed E-state index contributed by atoms with van der Waals surface area (Å²) in [4.78, 5) is 0. The highest BCUT2D eigenvalue weighted by Crippen LogP contribution is 2.22. The molecule has 0 bridgehead atoms. The Morgan fingerprint density at radius 2 is 1.76 bits per heavy atom. The summed E-state index contributed by atoms with van der Waals surface area (Å²) in [6.07, 6.45) is 0.688. The number of halogens is 3. The van der Waals surface area contributed by atoms with E-state index in [2.05, 4.69) is 11.8 Å². The van der Waals surface area contributed by atoms with E-state index >= 15 is 0 Å². The lowest BCUT2D eigenvalue weighted by Gasteiger charge is -2.08. The van der Waals surface area contributed by atoms with Gasteiger partial charge in [0.1, 0.15) is 12.4 Å². The third-order valence-corrected chi connectivity index (χ3v) is 3.50. The molecule has 2 aromatic rings. The summed E-state index contributed by atoms with van der Waals surface area (Å²) in [6.45, 7) is 0.372.